The van der Waals surface area contributed by atoms with Crippen LogP contribution in [-0.4, -0.2) is 70.3 Å². The number of benzene rings is 1. The van der Waals surface area contributed by atoms with Crippen molar-refractivity contribution in [2.24, 2.45) is 7.05 Å². The van der Waals surface area contributed by atoms with E-state index in [2.05, 4.69) is 47.5 Å². The molecule has 4 rings (SSSR count). The Morgan fingerprint density at radius 1 is 1.08 bits per heavy atom. The second-order valence-corrected chi connectivity index (χ2v) is 7.15. The van der Waals surface area contributed by atoms with Crippen molar-refractivity contribution in [3.8, 4) is 0 Å². The summed E-state index contributed by atoms with van der Waals surface area (Å²) in [5, 5.41) is 4.33. The van der Waals surface area contributed by atoms with Crippen molar-refractivity contribution in [3.63, 3.8) is 0 Å². The zero-order valence-electron chi connectivity index (χ0n) is 14.9. The summed E-state index contributed by atoms with van der Waals surface area (Å²) >= 11 is 0. The molecule has 3 heterocycles. The van der Waals surface area contributed by atoms with Gasteiger partial charge in [0.1, 0.15) is 0 Å². The second-order valence-electron chi connectivity index (χ2n) is 7.15. The van der Waals surface area contributed by atoms with Crippen LogP contribution in [0.1, 0.15) is 22.6 Å². The number of rotatable bonds is 1. The van der Waals surface area contributed by atoms with Crippen molar-refractivity contribution in [3.05, 3.63) is 53.3 Å². The number of hydrogen-bond acceptors (Lipinski definition) is 3. The number of fused-ring (bicyclic) bond motifs is 1. The molecule has 132 valence electrons. The number of aryl methyl sites for hydroxylation is 1. The summed E-state index contributed by atoms with van der Waals surface area (Å²) in [4.78, 5) is 19.3. The smallest absolute Gasteiger partial charge is 0.320 e. The van der Waals surface area contributed by atoms with E-state index >= 15 is 0 Å². The maximum absolute atomic E-state index is 13.1. The summed E-state index contributed by atoms with van der Waals surface area (Å²) in [6.45, 7) is 4.92. The summed E-state index contributed by atoms with van der Waals surface area (Å²) in [6.07, 6.45) is 3.98. The molecule has 1 aromatic carbocycles. The van der Waals surface area contributed by atoms with Crippen molar-refractivity contribution in [2.75, 3.05) is 39.8 Å². The van der Waals surface area contributed by atoms with E-state index in [0.717, 1.165) is 26.2 Å². The Morgan fingerprint density at radius 2 is 1.84 bits per heavy atom. The minimum absolute atomic E-state index is 0.163. The molecule has 0 aliphatic carbocycles. The highest BCUT2D eigenvalue weighted by atomic mass is 16.2. The molecule has 6 heteroatoms. The molecule has 2 aliphatic heterocycles. The number of nitrogens with zero attached hydrogens (tertiary/aromatic N) is 5. The SMILES string of the molecule is CN1CCN(C(=O)N2Cc3ccccc3C(c3cnn(C)c3)C2)CC1. The summed E-state index contributed by atoms with van der Waals surface area (Å²) in [5.41, 5.74) is 3.73. The lowest BCUT2D eigenvalue weighted by Crippen LogP contribution is -2.53. The van der Waals surface area contributed by atoms with Crippen LogP contribution in [0, 0.1) is 0 Å². The van der Waals surface area contributed by atoms with Gasteiger partial charge in [-0.1, -0.05) is 24.3 Å². The first-order chi connectivity index (χ1) is 12.1. The lowest BCUT2D eigenvalue weighted by atomic mass is 9.86. The van der Waals surface area contributed by atoms with Gasteiger partial charge in [-0.25, -0.2) is 4.79 Å². The van der Waals surface area contributed by atoms with Gasteiger partial charge in [0.15, 0.2) is 0 Å². The average molecular weight is 339 g/mol. The Hall–Kier alpha value is -2.34. The number of aromatic nitrogens is 2. The average Bonchev–Trinajstić information content (AvgIpc) is 3.07. The molecule has 6 nitrogen and oxygen atoms in total. The second kappa shape index (κ2) is 6.52. The minimum atomic E-state index is 0.163. The van der Waals surface area contributed by atoms with Gasteiger partial charge in [-0.2, -0.15) is 5.10 Å². The predicted molar refractivity (Wildman–Crippen MR) is 96.4 cm³/mol. The van der Waals surface area contributed by atoms with E-state index in [1.165, 1.54) is 16.7 Å². The molecule has 2 amide bonds. The van der Waals surface area contributed by atoms with Crippen LogP contribution in [0.15, 0.2) is 36.7 Å². The Bertz CT molecular complexity index is 763. The maximum Gasteiger partial charge on any atom is 0.320 e. The summed E-state index contributed by atoms with van der Waals surface area (Å²) in [7, 11) is 4.04. The minimum Gasteiger partial charge on any atom is -0.322 e. The fraction of sp³-hybridized carbons (Fsp3) is 0.474. The number of amides is 2. The van der Waals surface area contributed by atoms with Crippen molar-refractivity contribution in [1.29, 1.82) is 0 Å². The Labute approximate surface area is 148 Å². The third kappa shape index (κ3) is 3.14. The van der Waals surface area contributed by atoms with E-state index in [0.29, 0.717) is 13.1 Å². The van der Waals surface area contributed by atoms with E-state index in [1.54, 1.807) is 0 Å². The molecule has 0 N–H and O–H groups in total. The molecule has 1 fully saturated rings. The van der Waals surface area contributed by atoms with Gasteiger partial charge in [0.25, 0.3) is 0 Å². The molecule has 0 bridgehead atoms. The quantitative estimate of drug-likeness (QED) is 0.795. The van der Waals surface area contributed by atoms with Gasteiger partial charge in [0.05, 0.1) is 6.20 Å². The van der Waals surface area contributed by atoms with Crippen molar-refractivity contribution in [1.82, 2.24) is 24.5 Å². The molecule has 1 unspecified atom stereocenters. The Kier molecular flexibility index (Phi) is 4.21. The lowest BCUT2D eigenvalue weighted by molar-refractivity contribution is 0.116. The molecular weight excluding hydrogens is 314 g/mol. The highest BCUT2D eigenvalue weighted by Crippen LogP contribution is 2.33. The molecule has 25 heavy (non-hydrogen) atoms. The van der Waals surface area contributed by atoms with Gasteiger partial charge in [-0.3, -0.25) is 4.68 Å². The van der Waals surface area contributed by atoms with E-state index in [9.17, 15) is 4.79 Å². The predicted octanol–water partition coefficient (Wildman–Crippen LogP) is 1.73. The maximum atomic E-state index is 13.1. The van der Waals surface area contributed by atoms with Gasteiger partial charge < -0.3 is 14.7 Å². The monoisotopic (exact) mass is 339 g/mol. The number of likely N-dealkylation sites (N-methyl/N-ethyl adjacent to an activating group) is 1. The van der Waals surface area contributed by atoms with Gasteiger partial charge in [0.2, 0.25) is 0 Å². The highest BCUT2D eigenvalue weighted by Gasteiger charge is 2.32. The molecule has 0 radical (unpaired) electrons. The molecule has 2 aliphatic rings. The van der Waals surface area contributed by atoms with Crippen molar-refractivity contribution in [2.45, 2.75) is 12.5 Å². The molecule has 2 aromatic rings. The number of carbonyl (C=O) groups is 1. The molecule has 0 spiro atoms. The number of hydrogen-bond donors (Lipinski definition) is 0. The Balaban J connectivity index is 1.60. The largest absolute Gasteiger partial charge is 0.322 e. The number of carbonyl (C=O) groups excluding carboxylic acids is 1. The highest BCUT2D eigenvalue weighted by molar-refractivity contribution is 5.75. The van der Waals surface area contributed by atoms with Gasteiger partial charge in [-0.15, -0.1) is 0 Å². The fourth-order valence-corrected chi connectivity index (χ4v) is 3.86. The van der Waals surface area contributed by atoms with Crippen molar-refractivity contribution >= 4 is 6.03 Å². The van der Waals surface area contributed by atoms with Crippen LogP contribution in [0.3, 0.4) is 0 Å². The zero-order chi connectivity index (χ0) is 17.4. The van der Waals surface area contributed by atoms with Gasteiger partial charge >= 0.3 is 6.03 Å². The normalized spacial score (nSPS) is 21.3. The Morgan fingerprint density at radius 3 is 2.56 bits per heavy atom. The van der Waals surface area contributed by atoms with E-state index < -0.39 is 0 Å². The summed E-state index contributed by atoms with van der Waals surface area (Å²) in [5.74, 6) is 0.190. The van der Waals surface area contributed by atoms with Crippen molar-refractivity contribution < 1.29 is 4.79 Å². The first-order valence-corrected chi connectivity index (χ1v) is 8.90. The molecule has 0 saturated carbocycles. The van der Waals surface area contributed by atoms with Crippen LogP contribution in [-0.2, 0) is 13.6 Å². The molecule has 1 saturated heterocycles. The zero-order valence-corrected chi connectivity index (χ0v) is 14.9. The molecule has 1 aromatic heterocycles. The standard InChI is InChI=1S/C19H25N5O/c1-21-7-9-23(10-8-21)19(25)24-13-15-5-3-4-6-17(15)18(14-24)16-11-20-22(2)12-16/h3-6,11-12,18H,7-10,13-14H2,1-2H3. The van der Waals surface area contributed by atoms with Crippen LogP contribution >= 0.6 is 0 Å². The fourth-order valence-electron chi connectivity index (χ4n) is 3.86. The van der Waals surface area contributed by atoms with Crippen LogP contribution in [0.4, 0.5) is 4.79 Å². The van der Waals surface area contributed by atoms with Gasteiger partial charge in [0, 0.05) is 58.4 Å². The van der Waals surface area contributed by atoms with E-state index in [4.69, 9.17) is 0 Å². The van der Waals surface area contributed by atoms with Crippen LogP contribution in [0.25, 0.3) is 0 Å². The van der Waals surface area contributed by atoms with E-state index in [-0.39, 0.29) is 11.9 Å². The topological polar surface area (TPSA) is 44.6 Å². The molecular formula is C19H25N5O. The van der Waals surface area contributed by atoms with Crippen LogP contribution in [0.2, 0.25) is 0 Å². The van der Waals surface area contributed by atoms with Crippen LogP contribution < -0.4 is 0 Å². The summed E-state index contributed by atoms with van der Waals surface area (Å²) < 4.78 is 1.83. The van der Waals surface area contributed by atoms with E-state index in [1.807, 2.05) is 27.7 Å². The number of urea groups is 1. The number of piperazine rings is 1. The lowest BCUT2D eigenvalue weighted by Gasteiger charge is -2.40. The van der Waals surface area contributed by atoms with Gasteiger partial charge in [-0.05, 0) is 23.7 Å². The molecule has 1 atom stereocenters. The third-order valence-corrected chi connectivity index (χ3v) is 5.37. The summed E-state index contributed by atoms with van der Waals surface area (Å²) in [6, 6.07) is 8.63. The first-order valence-electron chi connectivity index (χ1n) is 8.90. The third-order valence-electron chi connectivity index (χ3n) is 5.37. The van der Waals surface area contributed by atoms with Crippen LogP contribution in [0.5, 0.6) is 0 Å². The first kappa shape index (κ1) is 16.1.